The molecule has 0 bridgehead atoms. The molecule has 0 saturated carbocycles. The van der Waals surface area contributed by atoms with Gasteiger partial charge in [0.15, 0.2) is 0 Å². The van der Waals surface area contributed by atoms with Crippen LogP contribution in [-0.4, -0.2) is 15.8 Å². The van der Waals surface area contributed by atoms with Crippen molar-refractivity contribution in [1.82, 2.24) is 0 Å². The molecule has 0 radical (unpaired) electrons. The van der Waals surface area contributed by atoms with Gasteiger partial charge in [0, 0.05) is 0 Å². The zero-order valence-electron chi connectivity index (χ0n) is 7.50. The van der Waals surface area contributed by atoms with Crippen LogP contribution in [0.5, 0.6) is 0 Å². The Hall–Kier alpha value is 0.558. The van der Waals surface area contributed by atoms with E-state index >= 15 is 0 Å². The summed E-state index contributed by atoms with van der Waals surface area (Å²) < 4.78 is 1.22. The molecule has 0 unspecified atom stereocenters. The molecule has 0 spiro atoms. The van der Waals surface area contributed by atoms with Crippen LogP contribution in [0.4, 0.5) is 0 Å². The van der Waals surface area contributed by atoms with Crippen molar-refractivity contribution in [3.8, 4) is 0 Å². The van der Waals surface area contributed by atoms with Crippen LogP contribution < -0.4 is 0 Å². The third-order valence-corrected chi connectivity index (χ3v) is 3.90. The van der Waals surface area contributed by atoms with Crippen LogP contribution in [0.1, 0.15) is 41.5 Å². The van der Waals surface area contributed by atoms with Crippen LogP contribution in [-0.2, 0) is 0 Å². The summed E-state index contributed by atoms with van der Waals surface area (Å²) in [5, 5.41) is 0. The van der Waals surface area contributed by atoms with Crippen molar-refractivity contribution < 1.29 is 0 Å². The van der Waals surface area contributed by atoms with E-state index in [1.807, 2.05) is 0 Å². The van der Waals surface area contributed by atoms with Crippen LogP contribution in [0.15, 0.2) is 0 Å². The zero-order valence-corrected chi connectivity index (χ0v) is 9.60. The molecular formula is C8H19As. The van der Waals surface area contributed by atoms with Crippen molar-refractivity contribution in [1.29, 1.82) is 0 Å². The van der Waals surface area contributed by atoms with E-state index in [-0.39, 0.29) is 15.8 Å². The molecule has 56 valence electrons. The Morgan fingerprint density at radius 2 is 0.889 bits per heavy atom. The fourth-order valence-corrected chi connectivity index (χ4v) is 5.85. The molecule has 0 aliphatic heterocycles. The normalized spacial score (nSPS) is 14.0. The van der Waals surface area contributed by atoms with Gasteiger partial charge in [-0.25, -0.2) is 0 Å². The molecule has 0 aromatic carbocycles. The van der Waals surface area contributed by atoms with Crippen molar-refractivity contribution in [2.75, 3.05) is 0 Å². The molecule has 0 N–H and O–H groups in total. The fourth-order valence-electron chi connectivity index (χ4n) is 1.12. The molecule has 9 heavy (non-hydrogen) atoms. The topological polar surface area (TPSA) is 0 Å². The van der Waals surface area contributed by atoms with Crippen molar-refractivity contribution in [3.05, 3.63) is 0 Å². The van der Waals surface area contributed by atoms with Crippen molar-refractivity contribution in [3.63, 3.8) is 0 Å². The summed E-state index contributed by atoms with van der Waals surface area (Å²) in [4.78, 5) is 0. The van der Waals surface area contributed by atoms with Crippen molar-refractivity contribution in [2.45, 2.75) is 49.9 Å². The first kappa shape index (κ1) is 9.56. The van der Waals surface area contributed by atoms with Crippen LogP contribution in [0.25, 0.3) is 0 Å². The predicted molar refractivity (Wildman–Crippen MR) is 46.6 cm³/mol. The fraction of sp³-hybridized carbons (Fsp3) is 1.00. The number of rotatable bonds is 0. The van der Waals surface area contributed by atoms with Gasteiger partial charge in [-0.15, -0.1) is 0 Å². The Morgan fingerprint density at radius 3 is 0.889 bits per heavy atom. The number of hydrogen-bond acceptors (Lipinski definition) is 0. The van der Waals surface area contributed by atoms with E-state index in [9.17, 15) is 0 Å². The van der Waals surface area contributed by atoms with Gasteiger partial charge >= 0.3 is 65.7 Å². The van der Waals surface area contributed by atoms with Gasteiger partial charge in [0.25, 0.3) is 0 Å². The van der Waals surface area contributed by atoms with Gasteiger partial charge in [0.05, 0.1) is 0 Å². The van der Waals surface area contributed by atoms with Crippen LogP contribution >= 0.6 is 0 Å². The third-order valence-electron chi connectivity index (χ3n) is 0.750. The Kier molecular flexibility index (Phi) is 2.82. The molecule has 0 nitrogen and oxygen atoms in total. The summed E-state index contributed by atoms with van der Waals surface area (Å²) in [6.07, 6.45) is 0. The first-order valence-electron chi connectivity index (χ1n) is 3.50. The average molecular weight is 190 g/mol. The first-order chi connectivity index (χ1) is 3.71. The molecule has 0 saturated heterocycles. The molecule has 0 fully saturated rings. The third kappa shape index (κ3) is 8.56. The standard InChI is InChI=1S/C8H19As/c1-7(2,3)9-8(4,5)6/h9H,1-6H3. The SMILES string of the molecule is CC(C)(C)[AsH]C(C)(C)C. The van der Waals surface area contributed by atoms with E-state index in [4.69, 9.17) is 0 Å². The summed E-state index contributed by atoms with van der Waals surface area (Å²) >= 11 is 0.208. The van der Waals surface area contributed by atoms with E-state index in [0.717, 1.165) is 0 Å². The molecule has 0 amide bonds. The molecule has 0 aromatic rings. The van der Waals surface area contributed by atoms with Crippen molar-refractivity contribution in [2.24, 2.45) is 0 Å². The van der Waals surface area contributed by atoms with Gasteiger partial charge in [0.2, 0.25) is 0 Å². The molecule has 0 heterocycles. The van der Waals surface area contributed by atoms with Crippen molar-refractivity contribution >= 4 is 15.8 Å². The Balaban J connectivity index is 3.75. The maximum atomic E-state index is 2.35. The van der Waals surface area contributed by atoms with Gasteiger partial charge in [0.1, 0.15) is 0 Å². The molecule has 1 heteroatoms. The monoisotopic (exact) mass is 190 g/mol. The molecule has 0 atom stereocenters. The van der Waals surface area contributed by atoms with Crippen LogP contribution in [0.2, 0.25) is 8.41 Å². The second kappa shape index (κ2) is 2.66. The van der Waals surface area contributed by atoms with E-state index in [2.05, 4.69) is 41.5 Å². The molecular weight excluding hydrogens is 171 g/mol. The Morgan fingerprint density at radius 1 is 0.667 bits per heavy atom. The summed E-state index contributed by atoms with van der Waals surface area (Å²) in [6.45, 7) is 14.1. The quantitative estimate of drug-likeness (QED) is 0.515. The first-order valence-corrected chi connectivity index (χ1v) is 5.60. The Labute approximate surface area is 66.1 Å². The van der Waals surface area contributed by atoms with Gasteiger partial charge in [-0.05, 0) is 0 Å². The molecule has 0 aromatic heterocycles. The zero-order chi connectivity index (χ0) is 7.71. The second-order valence-electron chi connectivity index (χ2n) is 4.62. The predicted octanol–water partition coefficient (Wildman–Crippen LogP) is 2.86. The minimum atomic E-state index is 0.208. The summed E-state index contributed by atoms with van der Waals surface area (Å²) in [5.41, 5.74) is 0. The maximum absolute atomic E-state index is 2.35. The van der Waals surface area contributed by atoms with Crippen LogP contribution in [0.3, 0.4) is 0 Å². The molecule has 0 aliphatic rings. The van der Waals surface area contributed by atoms with Gasteiger partial charge in [-0.3, -0.25) is 0 Å². The van der Waals surface area contributed by atoms with Gasteiger partial charge in [-0.1, -0.05) is 0 Å². The number of hydrogen-bond donors (Lipinski definition) is 0. The van der Waals surface area contributed by atoms with E-state index < -0.39 is 0 Å². The van der Waals surface area contributed by atoms with Gasteiger partial charge < -0.3 is 0 Å². The molecule has 0 rings (SSSR count). The summed E-state index contributed by atoms with van der Waals surface area (Å²) in [6, 6.07) is 0. The minimum absolute atomic E-state index is 0.208. The average Bonchev–Trinajstić information content (AvgIpc) is 1.14. The summed E-state index contributed by atoms with van der Waals surface area (Å²) in [7, 11) is 0. The molecule has 0 aliphatic carbocycles. The van der Waals surface area contributed by atoms with Crippen LogP contribution in [0, 0.1) is 0 Å². The van der Waals surface area contributed by atoms with E-state index in [0.29, 0.717) is 8.41 Å². The second-order valence-corrected chi connectivity index (χ2v) is 11.4. The van der Waals surface area contributed by atoms with E-state index in [1.165, 1.54) is 0 Å². The summed E-state index contributed by atoms with van der Waals surface area (Å²) in [5.74, 6) is 0. The van der Waals surface area contributed by atoms with Gasteiger partial charge in [-0.2, -0.15) is 0 Å². The van der Waals surface area contributed by atoms with E-state index in [1.54, 1.807) is 0 Å². The Bertz CT molecular complexity index is 69.7.